The summed E-state index contributed by atoms with van der Waals surface area (Å²) in [5.74, 6) is 0.336. The Balaban J connectivity index is 2.12. The zero-order valence-corrected chi connectivity index (χ0v) is 12.5. The van der Waals surface area contributed by atoms with Crippen LogP contribution >= 0.6 is 0 Å². The molecule has 106 valence electrons. The Morgan fingerprint density at radius 3 is 2.65 bits per heavy atom. The minimum absolute atomic E-state index is 0.186. The summed E-state index contributed by atoms with van der Waals surface area (Å²) in [4.78, 5) is 0.186. The highest BCUT2D eigenvalue weighted by Crippen LogP contribution is 2.35. The molecule has 1 aliphatic rings. The number of fused-ring (bicyclic) bond motifs is 1. The summed E-state index contributed by atoms with van der Waals surface area (Å²) in [5, 5.41) is 3.74. The Kier molecular flexibility index (Phi) is 2.86. The van der Waals surface area contributed by atoms with Crippen LogP contribution in [0.15, 0.2) is 27.6 Å². The molecule has 1 aromatic carbocycles. The molecule has 0 spiro atoms. The van der Waals surface area contributed by atoms with Crippen LogP contribution in [0.25, 0.3) is 0 Å². The average Bonchev–Trinajstić information content (AvgIpc) is 2.93. The molecule has 2 aromatic rings. The number of aryl methyl sites for hydroxylation is 3. The van der Waals surface area contributed by atoms with Gasteiger partial charge in [-0.05, 0) is 38.8 Å². The fourth-order valence-electron chi connectivity index (χ4n) is 2.70. The van der Waals surface area contributed by atoms with Gasteiger partial charge >= 0.3 is 0 Å². The normalized spacial score (nSPS) is 14.7. The number of benzene rings is 1. The highest BCUT2D eigenvalue weighted by Gasteiger charge is 2.34. The number of hydrogen-bond donors (Lipinski definition) is 0. The van der Waals surface area contributed by atoms with Gasteiger partial charge in [0.25, 0.3) is 10.0 Å². The van der Waals surface area contributed by atoms with E-state index < -0.39 is 10.0 Å². The molecule has 2 heterocycles. The summed E-state index contributed by atoms with van der Waals surface area (Å²) >= 11 is 0. The molecule has 0 unspecified atom stereocenters. The maximum absolute atomic E-state index is 12.8. The van der Waals surface area contributed by atoms with Gasteiger partial charge in [0.2, 0.25) is 0 Å². The van der Waals surface area contributed by atoms with Crippen LogP contribution in [0, 0.1) is 20.8 Å². The third-order valence-corrected chi connectivity index (χ3v) is 5.66. The van der Waals surface area contributed by atoms with Crippen molar-refractivity contribution in [1.82, 2.24) is 5.16 Å². The van der Waals surface area contributed by atoms with Gasteiger partial charge in [-0.3, -0.25) is 4.31 Å². The van der Waals surface area contributed by atoms with Crippen LogP contribution in [-0.4, -0.2) is 20.1 Å². The van der Waals surface area contributed by atoms with E-state index in [-0.39, 0.29) is 4.90 Å². The number of nitrogens with zero attached hydrogens (tertiary/aromatic N) is 2. The van der Waals surface area contributed by atoms with Crippen LogP contribution in [-0.2, 0) is 16.4 Å². The van der Waals surface area contributed by atoms with Crippen molar-refractivity contribution in [2.24, 2.45) is 0 Å². The summed E-state index contributed by atoms with van der Waals surface area (Å²) in [5.41, 5.74) is 3.37. The first-order valence-corrected chi connectivity index (χ1v) is 7.90. The van der Waals surface area contributed by atoms with Gasteiger partial charge in [0.05, 0.1) is 5.69 Å². The maximum atomic E-state index is 12.8. The summed E-state index contributed by atoms with van der Waals surface area (Å²) < 4.78 is 32.1. The number of sulfonamides is 1. The predicted molar refractivity (Wildman–Crippen MR) is 75.4 cm³/mol. The molecule has 0 aliphatic carbocycles. The Morgan fingerprint density at radius 2 is 2.00 bits per heavy atom. The molecule has 0 bridgehead atoms. The first-order valence-electron chi connectivity index (χ1n) is 6.46. The van der Waals surface area contributed by atoms with Gasteiger partial charge in [-0.15, -0.1) is 0 Å². The van der Waals surface area contributed by atoms with Crippen molar-refractivity contribution in [3.8, 4) is 0 Å². The molecule has 5 nitrogen and oxygen atoms in total. The van der Waals surface area contributed by atoms with Crippen LogP contribution in [0.4, 0.5) is 5.69 Å². The van der Waals surface area contributed by atoms with E-state index in [0.717, 1.165) is 23.2 Å². The van der Waals surface area contributed by atoms with E-state index in [1.165, 1.54) is 4.31 Å². The highest BCUT2D eigenvalue weighted by atomic mass is 32.2. The molecule has 0 fully saturated rings. The van der Waals surface area contributed by atoms with Crippen molar-refractivity contribution in [3.63, 3.8) is 0 Å². The molecule has 1 aromatic heterocycles. The molecule has 0 radical (unpaired) electrons. The van der Waals surface area contributed by atoms with Gasteiger partial charge in [0.15, 0.2) is 10.7 Å². The fourth-order valence-corrected chi connectivity index (χ4v) is 4.50. The van der Waals surface area contributed by atoms with Gasteiger partial charge < -0.3 is 4.52 Å². The fraction of sp³-hybridized carbons (Fsp3) is 0.357. The van der Waals surface area contributed by atoms with Gasteiger partial charge in [0.1, 0.15) is 5.69 Å². The summed E-state index contributed by atoms with van der Waals surface area (Å²) in [7, 11) is -3.61. The van der Waals surface area contributed by atoms with Crippen molar-refractivity contribution in [1.29, 1.82) is 0 Å². The lowest BCUT2D eigenvalue weighted by molar-refractivity contribution is 0.390. The lowest BCUT2D eigenvalue weighted by Gasteiger charge is -2.19. The first-order chi connectivity index (χ1) is 9.41. The molecule has 3 rings (SSSR count). The molecule has 0 saturated carbocycles. The van der Waals surface area contributed by atoms with Crippen molar-refractivity contribution in [2.75, 3.05) is 10.8 Å². The standard InChI is InChI=1S/C14H16N2O3S/c1-9-4-5-13-12(8-9)6-7-16(13)20(17,18)14-10(2)15-19-11(14)3/h4-5,8H,6-7H2,1-3H3. The third kappa shape index (κ3) is 1.83. The zero-order valence-electron chi connectivity index (χ0n) is 11.7. The Bertz CT molecular complexity index is 758. The molecule has 0 amide bonds. The minimum atomic E-state index is -3.61. The van der Waals surface area contributed by atoms with Gasteiger partial charge in [-0.2, -0.15) is 0 Å². The van der Waals surface area contributed by atoms with E-state index >= 15 is 0 Å². The van der Waals surface area contributed by atoms with E-state index in [1.54, 1.807) is 13.8 Å². The zero-order chi connectivity index (χ0) is 14.5. The molecule has 1 aliphatic heterocycles. The van der Waals surface area contributed by atoms with Crippen LogP contribution in [0.3, 0.4) is 0 Å². The Hall–Kier alpha value is -1.82. The van der Waals surface area contributed by atoms with E-state index in [4.69, 9.17) is 4.52 Å². The molecule has 0 N–H and O–H groups in total. The van der Waals surface area contributed by atoms with Crippen LogP contribution < -0.4 is 4.31 Å². The van der Waals surface area contributed by atoms with Crippen LogP contribution in [0.5, 0.6) is 0 Å². The molecule has 0 atom stereocenters. The topological polar surface area (TPSA) is 63.4 Å². The SMILES string of the molecule is Cc1ccc2c(c1)CCN2S(=O)(=O)c1c(C)noc1C. The molecule has 0 saturated heterocycles. The second kappa shape index (κ2) is 4.34. The number of anilines is 1. The highest BCUT2D eigenvalue weighted by molar-refractivity contribution is 7.93. The molecule has 6 heteroatoms. The lowest BCUT2D eigenvalue weighted by Crippen LogP contribution is -2.29. The van der Waals surface area contributed by atoms with Crippen molar-refractivity contribution >= 4 is 15.7 Å². The first kappa shape index (κ1) is 13.2. The Morgan fingerprint density at radius 1 is 1.25 bits per heavy atom. The van der Waals surface area contributed by atoms with E-state index in [9.17, 15) is 8.42 Å². The van der Waals surface area contributed by atoms with E-state index in [2.05, 4.69) is 5.16 Å². The van der Waals surface area contributed by atoms with Crippen LogP contribution in [0.2, 0.25) is 0 Å². The van der Waals surface area contributed by atoms with Crippen molar-refractivity contribution in [2.45, 2.75) is 32.1 Å². The largest absolute Gasteiger partial charge is 0.360 e. The number of hydrogen-bond acceptors (Lipinski definition) is 4. The van der Waals surface area contributed by atoms with Gasteiger partial charge in [-0.1, -0.05) is 22.9 Å². The second-order valence-electron chi connectivity index (χ2n) is 5.11. The molecule has 20 heavy (non-hydrogen) atoms. The summed E-state index contributed by atoms with van der Waals surface area (Å²) in [6.45, 7) is 5.74. The van der Waals surface area contributed by atoms with Crippen LogP contribution in [0.1, 0.15) is 22.6 Å². The monoisotopic (exact) mass is 292 g/mol. The quantitative estimate of drug-likeness (QED) is 0.852. The number of rotatable bonds is 2. The van der Waals surface area contributed by atoms with Gasteiger partial charge in [-0.25, -0.2) is 8.42 Å². The number of aromatic nitrogens is 1. The second-order valence-corrected chi connectivity index (χ2v) is 6.91. The van der Waals surface area contributed by atoms with E-state index in [1.807, 2.05) is 25.1 Å². The van der Waals surface area contributed by atoms with Crippen molar-refractivity contribution < 1.29 is 12.9 Å². The predicted octanol–water partition coefficient (Wildman–Crippen LogP) is 2.35. The lowest BCUT2D eigenvalue weighted by atomic mass is 10.1. The maximum Gasteiger partial charge on any atom is 0.269 e. The average molecular weight is 292 g/mol. The van der Waals surface area contributed by atoms with E-state index in [0.29, 0.717) is 18.0 Å². The third-order valence-electron chi connectivity index (χ3n) is 3.60. The molecular weight excluding hydrogens is 276 g/mol. The molecular formula is C14H16N2O3S. The Labute approximate surface area is 118 Å². The summed E-state index contributed by atoms with van der Waals surface area (Å²) in [6, 6.07) is 5.84. The smallest absolute Gasteiger partial charge is 0.269 e. The summed E-state index contributed by atoms with van der Waals surface area (Å²) in [6.07, 6.45) is 0.736. The minimum Gasteiger partial charge on any atom is -0.360 e. The van der Waals surface area contributed by atoms with Gasteiger partial charge in [0, 0.05) is 6.54 Å². The van der Waals surface area contributed by atoms with Crippen molar-refractivity contribution in [3.05, 3.63) is 40.8 Å².